The molecule has 0 aliphatic heterocycles. The third-order valence-corrected chi connectivity index (χ3v) is 2.02. The van der Waals surface area contributed by atoms with Crippen LogP contribution in [0.25, 0.3) is 11.1 Å². The van der Waals surface area contributed by atoms with E-state index in [1.807, 2.05) is 26.0 Å². The Kier molecular flexibility index (Phi) is 2.90. The SMILES string of the molecule is CC(C)COC(=O)c1nc2ccccc2o1. The lowest BCUT2D eigenvalue weighted by atomic mass is 10.2. The maximum Gasteiger partial charge on any atom is 0.394 e. The lowest BCUT2D eigenvalue weighted by Crippen LogP contribution is -2.10. The number of hydrogen-bond acceptors (Lipinski definition) is 4. The molecule has 0 bridgehead atoms. The van der Waals surface area contributed by atoms with Gasteiger partial charge in [-0.2, -0.15) is 0 Å². The highest BCUT2D eigenvalue weighted by atomic mass is 16.5. The van der Waals surface area contributed by atoms with Crippen molar-refractivity contribution in [2.45, 2.75) is 13.8 Å². The van der Waals surface area contributed by atoms with Crippen LogP contribution in [0.4, 0.5) is 0 Å². The third-order valence-electron chi connectivity index (χ3n) is 2.02. The molecule has 0 aliphatic carbocycles. The number of benzene rings is 1. The van der Waals surface area contributed by atoms with E-state index >= 15 is 0 Å². The molecule has 0 saturated carbocycles. The number of carbonyl (C=O) groups excluding carboxylic acids is 1. The van der Waals surface area contributed by atoms with Crippen molar-refractivity contribution < 1.29 is 13.9 Å². The zero-order valence-corrected chi connectivity index (χ0v) is 9.27. The fraction of sp³-hybridized carbons (Fsp3) is 0.333. The van der Waals surface area contributed by atoms with Crippen LogP contribution in [-0.2, 0) is 4.74 Å². The van der Waals surface area contributed by atoms with Gasteiger partial charge in [-0.3, -0.25) is 0 Å². The Morgan fingerprint density at radius 2 is 2.19 bits per heavy atom. The van der Waals surface area contributed by atoms with Gasteiger partial charge in [0.15, 0.2) is 5.58 Å². The van der Waals surface area contributed by atoms with Crippen molar-refractivity contribution in [3.63, 3.8) is 0 Å². The lowest BCUT2D eigenvalue weighted by molar-refractivity contribution is 0.0416. The molecule has 0 N–H and O–H groups in total. The molecule has 0 unspecified atom stereocenters. The molecule has 1 heterocycles. The number of para-hydroxylation sites is 2. The Morgan fingerprint density at radius 3 is 2.88 bits per heavy atom. The molecular weight excluding hydrogens is 206 g/mol. The van der Waals surface area contributed by atoms with Crippen LogP contribution in [-0.4, -0.2) is 17.6 Å². The van der Waals surface area contributed by atoms with Gasteiger partial charge in [-0.05, 0) is 18.1 Å². The number of carbonyl (C=O) groups is 1. The highest BCUT2D eigenvalue weighted by Crippen LogP contribution is 2.15. The summed E-state index contributed by atoms with van der Waals surface area (Å²) in [7, 11) is 0. The van der Waals surface area contributed by atoms with E-state index < -0.39 is 5.97 Å². The summed E-state index contributed by atoms with van der Waals surface area (Å²) in [6, 6.07) is 7.23. The fourth-order valence-electron chi connectivity index (χ4n) is 1.26. The van der Waals surface area contributed by atoms with Crippen LogP contribution >= 0.6 is 0 Å². The van der Waals surface area contributed by atoms with Crippen LogP contribution in [0, 0.1) is 5.92 Å². The summed E-state index contributed by atoms with van der Waals surface area (Å²) in [5.41, 5.74) is 1.26. The second kappa shape index (κ2) is 4.35. The molecule has 2 rings (SSSR count). The Balaban J connectivity index is 2.17. The molecule has 0 aliphatic rings. The predicted molar refractivity (Wildman–Crippen MR) is 59.1 cm³/mol. The van der Waals surface area contributed by atoms with Crippen molar-refractivity contribution in [3.05, 3.63) is 30.2 Å². The number of aromatic nitrogens is 1. The van der Waals surface area contributed by atoms with Crippen LogP contribution in [0.15, 0.2) is 28.7 Å². The van der Waals surface area contributed by atoms with Gasteiger partial charge in [0.05, 0.1) is 6.61 Å². The summed E-state index contributed by atoms with van der Waals surface area (Å²) < 4.78 is 10.3. The maximum absolute atomic E-state index is 11.5. The number of rotatable bonds is 3. The van der Waals surface area contributed by atoms with Crippen molar-refractivity contribution in [2.75, 3.05) is 6.61 Å². The molecule has 0 amide bonds. The number of esters is 1. The van der Waals surface area contributed by atoms with Crippen molar-refractivity contribution in [1.29, 1.82) is 0 Å². The average molecular weight is 219 g/mol. The first kappa shape index (κ1) is 10.7. The molecule has 4 nitrogen and oxygen atoms in total. The molecule has 1 aromatic carbocycles. The molecule has 16 heavy (non-hydrogen) atoms. The molecular formula is C12H13NO3. The molecule has 1 aromatic heterocycles. The Labute approximate surface area is 93.2 Å². The van der Waals surface area contributed by atoms with Crippen LogP contribution in [0.1, 0.15) is 24.5 Å². The van der Waals surface area contributed by atoms with Gasteiger partial charge >= 0.3 is 11.9 Å². The van der Waals surface area contributed by atoms with E-state index in [2.05, 4.69) is 4.98 Å². The Hall–Kier alpha value is -1.84. The molecule has 0 spiro atoms. The van der Waals surface area contributed by atoms with Crippen molar-refractivity contribution in [1.82, 2.24) is 4.98 Å². The van der Waals surface area contributed by atoms with Crippen molar-refractivity contribution in [2.24, 2.45) is 5.92 Å². The van der Waals surface area contributed by atoms with E-state index in [9.17, 15) is 4.79 Å². The van der Waals surface area contributed by atoms with Crippen molar-refractivity contribution >= 4 is 17.1 Å². The van der Waals surface area contributed by atoms with Crippen LogP contribution < -0.4 is 0 Å². The first-order valence-corrected chi connectivity index (χ1v) is 5.19. The smallest absolute Gasteiger partial charge is 0.394 e. The van der Waals surface area contributed by atoms with Gasteiger partial charge in [-0.1, -0.05) is 26.0 Å². The zero-order valence-electron chi connectivity index (χ0n) is 9.27. The molecule has 0 atom stereocenters. The number of oxazole rings is 1. The molecule has 2 aromatic rings. The van der Waals surface area contributed by atoms with E-state index in [1.54, 1.807) is 12.1 Å². The first-order chi connectivity index (χ1) is 7.66. The number of hydrogen-bond donors (Lipinski definition) is 0. The topological polar surface area (TPSA) is 52.3 Å². The number of fused-ring (bicyclic) bond motifs is 1. The van der Waals surface area contributed by atoms with Gasteiger partial charge in [0.1, 0.15) is 5.52 Å². The minimum atomic E-state index is -0.509. The monoisotopic (exact) mass is 219 g/mol. The molecule has 84 valence electrons. The summed E-state index contributed by atoms with van der Waals surface area (Å²) in [5, 5.41) is 0. The Bertz CT molecular complexity index is 469. The van der Waals surface area contributed by atoms with Gasteiger partial charge in [-0.25, -0.2) is 9.78 Å². The van der Waals surface area contributed by atoms with E-state index in [-0.39, 0.29) is 5.89 Å². The average Bonchev–Trinajstić information content (AvgIpc) is 2.69. The summed E-state index contributed by atoms with van der Waals surface area (Å²) in [4.78, 5) is 15.6. The second-order valence-corrected chi connectivity index (χ2v) is 3.98. The summed E-state index contributed by atoms with van der Waals surface area (Å²) in [6.07, 6.45) is 0. The lowest BCUT2D eigenvalue weighted by Gasteiger charge is -2.03. The quantitative estimate of drug-likeness (QED) is 0.744. The molecule has 0 fully saturated rings. The minimum Gasteiger partial charge on any atom is -0.458 e. The minimum absolute atomic E-state index is 0.0156. The number of ether oxygens (including phenoxy) is 1. The Morgan fingerprint density at radius 1 is 1.44 bits per heavy atom. The van der Waals surface area contributed by atoms with Crippen LogP contribution in [0.2, 0.25) is 0 Å². The zero-order chi connectivity index (χ0) is 11.5. The van der Waals surface area contributed by atoms with Gasteiger partial charge in [0.25, 0.3) is 0 Å². The van der Waals surface area contributed by atoms with Crippen molar-refractivity contribution in [3.8, 4) is 0 Å². The largest absolute Gasteiger partial charge is 0.458 e. The highest BCUT2D eigenvalue weighted by Gasteiger charge is 2.15. The molecule has 4 heteroatoms. The molecule has 0 saturated heterocycles. The van der Waals surface area contributed by atoms with Gasteiger partial charge in [-0.15, -0.1) is 0 Å². The summed E-state index contributed by atoms with van der Waals surface area (Å²) in [5.74, 6) is -0.194. The summed E-state index contributed by atoms with van der Waals surface area (Å²) >= 11 is 0. The van der Waals surface area contributed by atoms with Gasteiger partial charge < -0.3 is 9.15 Å². The third kappa shape index (κ3) is 2.21. The van der Waals surface area contributed by atoms with Gasteiger partial charge in [0, 0.05) is 0 Å². The fourth-order valence-corrected chi connectivity index (χ4v) is 1.26. The van der Waals surface area contributed by atoms with E-state index in [4.69, 9.17) is 9.15 Å². The predicted octanol–water partition coefficient (Wildman–Crippen LogP) is 2.64. The van der Waals surface area contributed by atoms with E-state index in [1.165, 1.54) is 0 Å². The first-order valence-electron chi connectivity index (χ1n) is 5.19. The van der Waals surface area contributed by atoms with E-state index in [0.29, 0.717) is 23.6 Å². The number of nitrogens with zero attached hydrogens (tertiary/aromatic N) is 1. The standard InChI is InChI=1S/C12H13NO3/c1-8(2)7-15-12(14)11-13-9-5-3-4-6-10(9)16-11/h3-6,8H,7H2,1-2H3. The highest BCUT2D eigenvalue weighted by molar-refractivity contribution is 5.88. The normalized spacial score (nSPS) is 10.9. The van der Waals surface area contributed by atoms with E-state index in [0.717, 1.165) is 0 Å². The maximum atomic E-state index is 11.5. The summed E-state index contributed by atoms with van der Waals surface area (Å²) in [6.45, 7) is 4.32. The van der Waals surface area contributed by atoms with Crippen LogP contribution in [0.3, 0.4) is 0 Å². The molecule has 0 radical (unpaired) electrons. The second-order valence-electron chi connectivity index (χ2n) is 3.98. The van der Waals surface area contributed by atoms with Crippen LogP contribution in [0.5, 0.6) is 0 Å². The van der Waals surface area contributed by atoms with Gasteiger partial charge in [0.2, 0.25) is 0 Å².